The van der Waals surface area contributed by atoms with Crippen molar-refractivity contribution in [3.8, 4) is 0 Å². The molecule has 1 fully saturated rings. The first-order valence-corrected chi connectivity index (χ1v) is 7.99. The Kier molecular flexibility index (Phi) is 4.80. The zero-order chi connectivity index (χ0) is 17.1. The summed E-state index contributed by atoms with van der Waals surface area (Å²) in [7, 11) is 3.44. The lowest BCUT2D eigenvalue weighted by Crippen LogP contribution is -2.30. The predicted molar refractivity (Wildman–Crippen MR) is 88.9 cm³/mol. The number of likely N-dealkylation sites (tertiary alicyclic amines) is 1. The Morgan fingerprint density at radius 1 is 1.50 bits per heavy atom. The minimum Gasteiger partial charge on any atom is -0.379 e. The number of hydrogen-bond donors (Lipinski definition) is 1. The van der Waals surface area contributed by atoms with Gasteiger partial charge in [-0.2, -0.15) is 0 Å². The van der Waals surface area contributed by atoms with Gasteiger partial charge in [-0.3, -0.25) is 4.79 Å². The highest BCUT2D eigenvalue weighted by molar-refractivity contribution is 5.98. The van der Waals surface area contributed by atoms with Crippen LogP contribution in [0.2, 0.25) is 0 Å². The van der Waals surface area contributed by atoms with E-state index in [4.69, 9.17) is 9.26 Å². The molecule has 0 aliphatic carbocycles. The quantitative estimate of drug-likeness (QED) is 0.899. The summed E-state index contributed by atoms with van der Waals surface area (Å²) in [5.74, 6) is 1.56. The maximum atomic E-state index is 12.8. The Labute approximate surface area is 141 Å². The minimum atomic E-state index is -0.0363. The number of nitrogens with zero attached hydrogens (tertiary/aromatic N) is 3. The van der Waals surface area contributed by atoms with Crippen LogP contribution in [0.15, 0.2) is 28.9 Å². The summed E-state index contributed by atoms with van der Waals surface area (Å²) in [6.45, 7) is 3.08. The number of pyridine rings is 1. The summed E-state index contributed by atoms with van der Waals surface area (Å²) < 4.78 is 10.9. The number of aromatic nitrogens is 2. The average molecular weight is 330 g/mol. The molecule has 1 saturated heterocycles. The Morgan fingerprint density at radius 2 is 2.33 bits per heavy atom. The molecule has 2 atom stereocenters. The first kappa shape index (κ1) is 16.4. The molecule has 2 aromatic heterocycles. The van der Waals surface area contributed by atoms with Gasteiger partial charge >= 0.3 is 0 Å². The molecule has 0 spiro atoms. The van der Waals surface area contributed by atoms with Crippen LogP contribution in [-0.2, 0) is 11.2 Å². The molecule has 0 saturated carbocycles. The van der Waals surface area contributed by atoms with E-state index in [2.05, 4.69) is 15.5 Å². The van der Waals surface area contributed by atoms with Crippen LogP contribution in [-0.4, -0.2) is 54.3 Å². The third-order valence-electron chi connectivity index (χ3n) is 4.39. The van der Waals surface area contributed by atoms with E-state index in [1.165, 1.54) is 0 Å². The molecule has 1 N–H and O–H groups in total. The van der Waals surface area contributed by atoms with Crippen molar-refractivity contribution >= 4 is 11.7 Å². The first-order chi connectivity index (χ1) is 11.6. The monoisotopic (exact) mass is 330 g/mol. The van der Waals surface area contributed by atoms with Gasteiger partial charge in [-0.05, 0) is 19.1 Å². The second kappa shape index (κ2) is 7.00. The summed E-state index contributed by atoms with van der Waals surface area (Å²) in [6, 6.07) is 5.49. The molecule has 3 rings (SSSR count). The Bertz CT molecular complexity index is 715. The number of amides is 1. The zero-order valence-corrected chi connectivity index (χ0v) is 14.2. The van der Waals surface area contributed by atoms with E-state index in [1.54, 1.807) is 32.5 Å². The molecule has 3 heterocycles. The van der Waals surface area contributed by atoms with Crippen LogP contribution in [0.4, 0.5) is 5.82 Å². The number of carbonyl (C=O) groups is 1. The number of nitrogens with one attached hydrogen (secondary N) is 1. The van der Waals surface area contributed by atoms with Crippen LogP contribution in [0.3, 0.4) is 0 Å². The molecule has 0 radical (unpaired) electrons. The predicted octanol–water partition coefficient (Wildman–Crippen LogP) is 1.75. The maximum absolute atomic E-state index is 12.8. The van der Waals surface area contributed by atoms with Crippen LogP contribution in [0, 0.1) is 12.8 Å². The normalized spacial score (nSPS) is 20.4. The van der Waals surface area contributed by atoms with Crippen molar-refractivity contribution < 1.29 is 14.1 Å². The van der Waals surface area contributed by atoms with Crippen molar-refractivity contribution in [3.63, 3.8) is 0 Å². The van der Waals surface area contributed by atoms with Crippen LogP contribution in [0.5, 0.6) is 0 Å². The summed E-state index contributed by atoms with van der Waals surface area (Å²) >= 11 is 0. The molecule has 1 aliphatic rings. The fraction of sp³-hybridized carbons (Fsp3) is 0.471. The van der Waals surface area contributed by atoms with Crippen LogP contribution in [0.25, 0.3) is 0 Å². The van der Waals surface area contributed by atoms with Gasteiger partial charge in [-0.15, -0.1) is 0 Å². The standard InChI is InChI=1S/C17H22N4O3/c1-11-7-13(24-20-11)8-12-9-21(10-15(12)23-3)17(22)14-5-4-6-19-16(14)18-2/h4-7,12,15H,8-10H2,1-3H3,(H,18,19)/t12-,15+/m1/s1. The highest BCUT2D eigenvalue weighted by Crippen LogP contribution is 2.26. The van der Waals surface area contributed by atoms with Crippen molar-refractivity contribution in [1.82, 2.24) is 15.0 Å². The number of methoxy groups -OCH3 is 1. The van der Waals surface area contributed by atoms with Crippen molar-refractivity contribution in [1.29, 1.82) is 0 Å². The van der Waals surface area contributed by atoms with Gasteiger partial charge in [-0.1, -0.05) is 5.16 Å². The van der Waals surface area contributed by atoms with E-state index in [0.717, 1.165) is 11.5 Å². The average Bonchev–Trinajstić information content (AvgIpc) is 3.20. The lowest BCUT2D eigenvalue weighted by Gasteiger charge is -2.17. The maximum Gasteiger partial charge on any atom is 0.257 e. The van der Waals surface area contributed by atoms with Crippen molar-refractivity contribution in [3.05, 3.63) is 41.4 Å². The molecule has 7 heteroatoms. The number of carbonyl (C=O) groups excluding carboxylic acids is 1. The molecule has 24 heavy (non-hydrogen) atoms. The van der Waals surface area contributed by atoms with Gasteiger partial charge in [0.2, 0.25) is 0 Å². The number of ether oxygens (including phenoxy) is 1. The van der Waals surface area contributed by atoms with Gasteiger partial charge in [0.15, 0.2) is 0 Å². The molecule has 0 unspecified atom stereocenters. The van der Waals surface area contributed by atoms with Crippen molar-refractivity contribution in [2.45, 2.75) is 19.4 Å². The van der Waals surface area contributed by atoms with Gasteiger partial charge in [0, 0.05) is 51.8 Å². The fourth-order valence-corrected chi connectivity index (χ4v) is 3.19. The van der Waals surface area contributed by atoms with E-state index in [0.29, 0.717) is 30.9 Å². The van der Waals surface area contributed by atoms with Crippen LogP contribution < -0.4 is 5.32 Å². The lowest BCUT2D eigenvalue weighted by atomic mass is 10.0. The highest BCUT2D eigenvalue weighted by Gasteiger charge is 2.37. The van der Waals surface area contributed by atoms with Crippen LogP contribution in [0.1, 0.15) is 21.8 Å². The second-order valence-electron chi connectivity index (χ2n) is 6.03. The Hall–Kier alpha value is -2.41. The third-order valence-corrected chi connectivity index (χ3v) is 4.39. The summed E-state index contributed by atoms with van der Waals surface area (Å²) in [5.41, 5.74) is 1.44. The Balaban J connectivity index is 1.74. The largest absolute Gasteiger partial charge is 0.379 e. The molecule has 0 bridgehead atoms. The smallest absolute Gasteiger partial charge is 0.257 e. The number of aryl methyl sites for hydroxylation is 1. The molecule has 0 aromatic carbocycles. The SMILES string of the molecule is CNc1ncccc1C(=O)N1C[C@@H](Cc2cc(C)no2)[C@@H](OC)C1. The van der Waals surface area contributed by atoms with Gasteiger partial charge in [-0.25, -0.2) is 4.98 Å². The van der Waals surface area contributed by atoms with E-state index >= 15 is 0 Å². The first-order valence-electron chi connectivity index (χ1n) is 7.99. The number of anilines is 1. The highest BCUT2D eigenvalue weighted by atomic mass is 16.5. The zero-order valence-electron chi connectivity index (χ0n) is 14.2. The molecule has 7 nitrogen and oxygen atoms in total. The van der Waals surface area contributed by atoms with Crippen molar-refractivity contribution in [2.75, 3.05) is 32.6 Å². The molecule has 1 amide bonds. The third kappa shape index (κ3) is 3.26. The molecule has 1 aliphatic heterocycles. The summed E-state index contributed by atoms with van der Waals surface area (Å²) in [5, 5.41) is 6.89. The van der Waals surface area contributed by atoms with Crippen molar-refractivity contribution in [2.24, 2.45) is 5.92 Å². The van der Waals surface area contributed by atoms with Gasteiger partial charge in [0.05, 0.1) is 17.4 Å². The van der Waals surface area contributed by atoms with Gasteiger partial charge < -0.3 is 19.5 Å². The number of rotatable bonds is 5. The van der Waals surface area contributed by atoms with E-state index in [1.807, 2.05) is 17.9 Å². The molecule has 2 aromatic rings. The summed E-state index contributed by atoms with van der Waals surface area (Å²) in [6.07, 6.45) is 2.35. The van der Waals surface area contributed by atoms with E-state index in [9.17, 15) is 4.79 Å². The summed E-state index contributed by atoms with van der Waals surface area (Å²) in [4.78, 5) is 18.9. The molecular formula is C17H22N4O3. The second-order valence-corrected chi connectivity index (χ2v) is 6.03. The van der Waals surface area contributed by atoms with Crippen LogP contribution >= 0.6 is 0 Å². The Morgan fingerprint density at radius 3 is 3.00 bits per heavy atom. The minimum absolute atomic E-state index is 0.0194. The van der Waals surface area contributed by atoms with E-state index in [-0.39, 0.29) is 17.9 Å². The van der Waals surface area contributed by atoms with Gasteiger partial charge in [0.1, 0.15) is 11.6 Å². The fourth-order valence-electron chi connectivity index (χ4n) is 3.19. The van der Waals surface area contributed by atoms with E-state index < -0.39 is 0 Å². The van der Waals surface area contributed by atoms with Gasteiger partial charge in [0.25, 0.3) is 5.91 Å². The molecule has 128 valence electrons. The number of hydrogen-bond acceptors (Lipinski definition) is 6. The lowest BCUT2D eigenvalue weighted by molar-refractivity contribution is 0.0673. The molecular weight excluding hydrogens is 308 g/mol. The topological polar surface area (TPSA) is 80.5 Å².